The van der Waals surface area contributed by atoms with E-state index >= 15 is 0 Å². The number of esters is 1. The van der Waals surface area contributed by atoms with Gasteiger partial charge in [0.05, 0.1) is 11.0 Å². The van der Waals surface area contributed by atoms with Gasteiger partial charge >= 0.3 is 5.97 Å². The van der Waals surface area contributed by atoms with Crippen LogP contribution in [0.3, 0.4) is 0 Å². The number of rotatable bonds is 2. The molecule has 0 bridgehead atoms. The van der Waals surface area contributed by atoms with Crippen molar-refractivity contribution in [3.63, 3.8) is 0 Å². The lowest BCUT2D eigenvalue weighted by molar-refractivity contribution is -0.184. The van der Waals surface area contributed by atoms with E-state index < -0.39 is 28.5 Å². The molecule has 0 heterocycles. The molecule has 0 unspecified atom stereocenters. The highest BCUT2D eigenvalue weighted by molar-refractivity contribution is 5.82. The van der Waals surface area contributed by atoms with Gasteiger partial charge in [0.25, 0.3) is 0 Å². The van der Waals surface area contributed by atoms with Crippen LogP contribution in [0, 0.1) is 5.41 Å². The van der Waals surface area contributed by atoms with Crippen LogP contribution in [0.5, 0.6) is 0 Å². The molecule has 0 aromatic rings. The molecule has 2 aliphatic rings. The molecule has 3 nitrogen and oxygen atoms in total. The van der Waals surface area contributed by atoms with Gasteiger partial charge in [0.15, 0.2) is 0 Å². The summed E-state index contributed by atoms with van der Waals surface area (Å²) >= 11 is 0. The predicted molar refractivity (Wildman–Crippen MR) is 65.9 cm³/mol. The molecule has 0 aromatic carbocycles. The smallest absolute Gasteiger partial charge is 0.315 e. The Morgan fingerprint density at radius 1 is 1.05 bits per heavy atom. The van der Waals surface area contributed by atoms with Crippen LogP contribution in [0.25, 0.3) is 0 Å². The Balaban J connectivity index is 2.10. The van der Waals surface area contributed by atoms with Crippen molar-refractivity contribution in [2.75, 3.05) is 0 Å². The van der Waals surface area contributed by atoms with E-state index in [9.17, 15) is 18.7 Å². The average molecular weight is 276 g/mol. The molecule has 0 aliphatic heterocycles. The van der Waals surface area contributed by atoms with E-state index in [-0.39, 0.29) is 25.7 Å². The zero-order chi connectivity index (χ0) is 14.5. The van der Waals surface area contributed by atoms with Crippen molar-refractivity contribution in [3.05, 3.63) is 0 Å². The fraction of sp³-hybridized carbons (Fsp3) is 0.929. The fourth-order valence-electron chi connectivity index (χ4n) is 2.87. The monoisotopic (exact) mass is 276 g/mol. The fourth-order valence-corrected chi connectivity index (χ4v) is 2.87. The van der Waals surface area contributed by atoms with E-state index in [0.717, 1.165) is 0 Å². The van der Waals surface area contributed by atoms with Gasteiger partial charge in [-0.05, 0) is 46.5 Å². The maximum atomic E-state index is 13.2. The van der Waals surface area contributed by atoms with E-state index in [1.807, 2.05) is 0 Å². The summed E-state index contributed by atoms with van der Waals surface area (Å²) in [6, 6.07) is 0. The Hall–Kier alpha value is -0.710. The molecule has 0 atom stereocenters. The summed E-state index contributed by atoms with van der Waals surface area (Å²) in [6.07, 6.45) is 0.300. The van der Waals surface area contributed by atoms with Gasteiger partial charge in [0.1, 0.15) is 5.60 Å². The van der Waals surface area contributed by atoms with E-state index in [0.29, 0.717) is 12.8 Å². The lowest BCUT2D eigenvalue weighted by atomic mass is 9.72. The molecule has 5 heteroatoms. The van der Waals surface area contributed by atoms with Gasteiger partial charge in [-0.3, -0.25) is 4.79 Å². The molecule has 2 aliphatic carbocycles. The van der Waals surface area contributed by atoms with Crippen molar-refractivity contribution in [3.8, 4) is 0 Å². The summed E-state index contributed by atoms with van der Waals surface area (Å²) in [5, 5.41) is 10.6. The first-order valence-electron chi connectivity index (χ1n) is 6.84. The first-order valence-corrected chi connectivity index (χ1v) is 6.84. The lowest BCUT2D eigenvalue weighted by Gasteiger charge is -2.41. The average Bonchev–Trinajstić information content (AvgIpc) is 3.02. The summed E-state index contributed by atoms with van der Waals surface area (Å²) in [5.74, 6) is -3.15. The number of ether oxygens (including phenoxy) is 1. The zero-order valence-corrected chi connectivity index (χ0v) is 11.8. The number of carbonyl (C=O) groups is 1. The summed E-state index contributed by atoms with van der Waals surface area (Å²) < 4.78 is 31.8. The normalized spacial score (nSPS) is 27.7. The predicted octanol–water partition coefficient (Wildman–Crippen LogP) is 3.05. The number of hydrogen-bond donors (Lipinski definition) is 1. The first kappa shape index (κ1) is 14.7. The number of alkyl halides is 2. The Morgan fingerprint density at radius 2 is 1.53 bits per heavy atom. The third-order valence-corrected chi connectivity index (χ3v) is 4.24. The third kappa shape index (κ3) is 2.76. The van der Waals surface area contributed by atoms with Crippen molar-refractivity contribution in [1.82, 2.24) is 0 Å². The quantitative estimate of drug-likeness (QED) is 0.788. The maximum absolute atomic E-state index is 13.2. The maximum Gasteiger partial charge on any atom is 0.315 e. The van der Waals surface area contributed by atoms with Crippen molar-refractivity contribution in [1.29, 1.82) is 0 Å². The summed E-state index contributed by atoms with van der Waals surface area (Å²) in [6.45, 7) is 5.29. The summed E-state index contributed by atoms with van der Waals surface area (Å²) in [7, 11) is 0. The third-order valence-electron chi connectivity index (χ3n) is 4.24. The van der Waals surface area contributed by atoms with Crippen LogP contribution in [0.4, 0.5) is 8.78 Å². The van der Waals surface area contributed by atoms with Gasteiger partial charge in [-0.25, -0.2) is 8.78 Å². The van der Waals surface area contributed by atoms with Crippen molar-refractivity contribution in [2.45, 2.75) is 76.4 Å². The largest absolute Gasteiger partial charge is 0.459 e. The molecule has 1 N–H and O–H groups in total. The standard InChI is InChI=1S/C14H22F2O3/c1-11(2,3)19-10(17)12(4-5-12)13(18)6-8-14(15,16)9-7-13/h18H,4-9H2,1-3H3. The van der Waals surface area contributed by atoms with Gasteiger partial charge in [-0.15, -0.1) is 0 Å². The van der Waals surface area contributed by atoms with Gasteiger partial charge in [0, 0.05) is 12.8 Å². The molecule has 0 radical (unpaired) electrons. The second-order valence-corrected chi connectivity index (χ2v) is 6.97. The topological polar surface area (TPSA) is 46.5 Å². The number of carbonyl (C=O) groups excluding carboxylic acids is 1. The van der Waals surface area contributed by atoms with Crippen LogP contribution in [0.15, 0.2) is 0 Å². The van der Waals surface area contributed by atoms with Gasteiger partial charge < -0.3 is 9.84 Å². The van der Waals surface area contributed by atoms with Gasteiger partial charge in [-0.1, -0.05) is 0 Å². The number of halogens is 2. The summed E-state index contributed by atoms with van der Waals surface area (Å²) in [4.78, 5) is 12.2. The molecule has 19 heavy (non-hydrogen) atoms. The van der Waals surface area contributed by atoms with Crippen molar-refractivity contribution >= 4 is 5.97 Å². The minimum absolute atomic E-state index is 0.0285. The molecule has 0 amide bonds. The highest BCUT2D eigenvalue weighted by atomic mass is 19.3. The summed E-state index contributed by atoms with van der Waals surface area (Å²) in [5.41, 5.74) is -2.89. The second-order valence-electron chi connectivity index (χ2n) is 6.97. The van der Waals surface area contributed by atoms with E-state index in [4.69, 9.17) is 4.74 Å². The van der Waals surface area contributed by atoms with Gasteiger partial charge in [-0.2, -0.15) is 0 Å². The molecular formula is C14H22F2O3. The van der Waals surface area contributed by atoms with Crippen molar-refractivity contribution in [2.24, 2.45) is 5.41 Å². The van der Waals surface area contributed by atoms with Crippen LogP contribution in [-0.2, 0) is 9.53 Å². The van der Waals surface area contributed by atoms with E-state index in [1.54, 1.807) is 20.8 Å². The molecule has 0 aromatic heterocycles. The van der Waals surface area contributed by atoms with Crippen LogP contribution >= 0.6 is 0 Å². The molecule has 110 valence electrons. The highest BCUT2D eigenvalue weighted by Gasteiger charge is 2.66. The molecule has 2 saturated carbocycles. The van der Waals surface area contributed by atoms with Crippen LogP contribution in [0.1, 0.15) is 59.3 Å². The van der Waals surface area contributed by atoms with Crippen LogP contribution in [0.2, 0.25) is 0 Å². The Kier molecular flexibility index (Phi) is 3.20. The molecule has 2 rings (SSSR count). The minimum atomic E-state index is -2.71. The highest BCUT2D eigenvalue weighted by Crippen LogP contribution is 2.61. The van der Waals surface area contributed by atoms with E-state index in [1.165, 1.54) is 0 Å². The first-order chi connectivity index (χ1) is 8.50. The van der Waals surface area contributed by atoms with Crippen molar-refractivity contribution < 1.29 is 23.4 Å². The SMILES string of the molecule is CC(C)(C)OC(=O)C1(C2(O)CCC(F)(F)CC2)CC1. The molecule has 0 saturated heterocycles. The van der Waals surface area contributed by atoms with Gasteiger partial charge in [0.2, 0.25) is 5.92 Å². The zero-order valence-electron chi connectivity index (χ0n) is 11.8. The Morgan fingerprint density at radius 3 is 1.89 bits per heavy atom. The Bertz CT molecular complexity index is 371. The van der Waals surface area contributed by atoms with Crippen LogP contribution < -0.4 is 0 Å². The Labute approximate surface area is 112 Å². The minimum Gasteiger partial charge on any atom is -0.459 e. The lowest BCUT2D eigenvalue weighted by Crippen LogP contribution is -2.50. The molecule has 2 fully saturated rings. The molecule has 0 spiro atoms. The number of hydrogen-bond acceptors (Lipinski definition) is 3. The van der Waals surface area contributed by atoms with E-state index in [2.05, 4.69) is 0 Å². The second kappa shape index (κ2) is 4.14. The van der Waals surface area contributed by atoms with Crippen LogP contribution in [-0.4, -0.2) is 28.2 Å². The molecular weight excluding hydrogens is 254 g/mol. The number of aliphatic hydroxyl groups is 1.